The fourth-order valence-corrected chi connectivity index (χ4v) is 3.65. The standard InChI is InChI=1S/C20H26N4O4/c1-14-12-18(22-15-4-5-16(25-2)17(13-15)26-3)23-19(21-14)24-8-6-20(7-9-24)27-10-11-28-20/h4-5,12-13H,6-11H2,1-3H3,(H,21,22,23). The molecule has 2 aliphatic heterocycles. The molecule has 1 spiro atoms. The van der Waals surface area contributed by atoms with Crippen molar-refractivity contribution in [2.75, 3.05) is 50.7 Å². The molecule has 0 bridgehead atoms. The van der Waals surface area contributed by atoms with Crippen molar-refractivity contribution in [1.82, 2.24) is 9.97 Å². The molecule has 0 unspecified atom stereocenters. The van der Waals surface area contributed by atoms with Crippen LogP contribution in [0.3, 0.4) is 0 Å². The molecule has 0 radical (unpaired) electrons. The van der Waals surface area contributed by atoms with E-state index < -0.39 is 5.79 Å². The zero-order valence-electron chi connectivity index (χ0n) is 16.5. The average Bonchev–Trinajstić information content (AvgIpc) is 3.16. The van der Waals surface area contributed by atoms with Gasteiger partial charge in [-0.15, -0.1) is 0 Å². The van der Waals surface area contributed by atoms with Crippen LogP contribution in [-0.4, -0.2) is 56.3 Å². The van der Waals surface area contributed by atoms with Gasteiger partial charge >= 0.3 is 0 Å². The monoisotopic (exact) mass is 386 g/mol. The average molecular weight is 386 g/mol. The third-order valence-electron chi connectivity index (χ3n) is 5.12. The number of aromatic nitrogens is 2. The number of aryl methyl sites for hydroxylation is 1. The minimum atomic E-state index is -0.402. The van der Waals surface area contributed by atoms with Gasteiger partial charge in [-0.2, -0.15) is 4.98 Å². The lowest BCUT2D eigenvalue weighted by Crippen LogP contribution is -2.45. The van der Waals surface area contributed by atoms with Crippen molar-refractivity contribution in [3.8, 4) is 11.5 Å². The summed E-state index contributed by atoms with van der Waals surface area (Å²) in [7, 11) is 3.24. The molecule has 0 saturated carbocycles. The van der Waals surface area contributed by atoms with Gasteiger partial charge in [0, 0.05) is 49.4 Å². The maximum atomic E-state index is 5.81. The number of piperidine rings is 1. The van der Waals surface area contributed by atoms with Crippen molar-refractivity contribution in [3.63, 3.8) is 0 Å². The maximum Gasteiger partial charge on any atom is 0.227 e. The molecule has 150 valence electrons. The van der Waals surface area contributed by atoms with Gasteiger partial charge in [-0.25, -0.2) is 4.98 Å². The van der Waals surface area contributed by atoms with E-state index in [1.54, 1.807) is 14.2 Å². The van der Waals surface area contributed by atoms with Gasteiger partial charge < -0.3 is 29.2 Å². The molecule has 28 heavy (non-hydrogen) atoms. The first-order chi connectivity index (χ1) is 13.6. The number of benzene rings is 1. The van der Waals surface area contributed by atoms with E-state index in [2.05, 4.69) is 15.2 Å². The molecule has 0 atom stereocenters. The number of rotatable bonds is 5. The molecule has 3 heterocycles. The molecule has 2 fully saturated rings. The first-order valence-electron chi connectivity index (χ1n) is 9.48. The van der Waals surface area contributed by atoms with Crippen molar-refractivity contribution in [2.24, 2.45) is 0 Å². The lowest BCUT2D eigenvalue weighted by Gasteiger charge is -2.37. The molecular weight excluding hydrogens is 360 g/mol. The van der Waals surface area contributed by atoms with E-state index in [0.29, 0.717) is 24.7 Å². The van der Waals surface area contributed by atoms with Crippen LogP contribution in [0.25, 0.3) is 0 Å². The summed E-state index contributed by atoms with van der Waals surface area (Å²) in [6.07, 6.45) is 1.64. The van der Waals surface area contributed by atoms with Crippen molar-refractivity contribution in [2.45, 2.75) is 25.6 Å². The minimum Gasteiger partial charge on any atom is -0.493 e. The summed E-state index contributed by atoms with van der Waals surface area (Å²) < 4.78 is 22.3. The van der Waals surface area contributed by atoms with Crippen LogP contribution < -0.4 is 19.7 Å². The number of anilines is 3. The topological polar surface area (TPSA) is 78.0 Å². The summed E-state index contributed by atoms with van der Waals surface area (Å²) in [6.45, 7) is 4.94. The molecule has 1 N–H and O–H groups in total. The van der Waals surface area contributed by atoms with Crippen LogP contribution in [0.4, 0.5) is 17.5 Å². The summed E-state index contributed by atoms with van der Waals surface area (Å²) in [4.78, 5) is 11.5. The minimum absolute atomic E-state index is 0.402. The Labute approximate surface area is 164 Å². The Kier molecular flexibility index (Phi) is 5.23. The number of ether oxygens (including phenoxy) is 4. The molecule has 1 aromatic heterocycles. The number of hydrogen-bond acceptors (Lipinski definition) is 8. The third kappa shape index (κ3) is 3.83. The molecule has 2 saturated heterocycles. The second-order valence-electron chi connectivity index (χ2n) is 6.98. The van der Waals surface area contributed by atoms with Crippen molar-refractivity contribution >= 4 is 17.5 Å². The van der Waals surface area contributed by atoms with Gasteiger partial charge in [0.15, 0.2) is 17.3 Å². The Morgan fingerprint density at radius 3 is 2.39 bits per heavy atom. The Morgan fingerprint density at radius 1 is 1.00 bits per heavy atom. The normalized spacial score (nSPS) is 18.3. The molecule has 8 heteroatoms. The van der Waals surface area contributed by atoms with Gasteiger partial charge in [-0.3, -0.25) is 0 Å². The second kappa shape index (κ2) is 7.81. The quantitative estimate of drug-likeness (QED) is 0.841. The zero-order chi connectivity index (χ0) is 19.6. The van der Waals surface area contributed by atoms with E-state index in [-0.39, 0.29) is 0 Å². The highest BCUT2D eigenvalue weighted by molar-refractivity contribution is 5.62. The Hall–Kier alpha value is -2.58. The first kappa shape index (κ1) is 18.8. The number of methoxy groups -OCH3 is 2. The highest BCUT2D eigenvalue weighted by Crippen LogP contribution is 2.33. The maximum absolute atomic E-state index is 5.81. The lowest BCUT2D eigenvalue weighted by molar-refractivity contribution is -0.169. The van der Waals surface area contributed by atoms with E-state index >= 15 is 0 Å². The first-order valence-corrected chi connectivity index (χ1v) is 9.48. The summed E-state index contributed by atoms with van der Waals surface area (Å²) in [5.41, 5.74) is 1.77. The lowest BCUT2D eigenvalue weighted by atomic mass is 10.0. The van der Waals surface area contributed by atoms with Gasteiger partial charge in [-0.1, -0.05) is 0 Å². The van der Waals surface area contributed by atoms with Crippen molar-refractivity contribution in [3.05, 3.63) is 30.0 Å². The fourth-order valence-electron chi connectivity index (χ4n) is 3.65. The molecule has 2 aromatic rings. The van der Waals surface area contributed by atoms with Crippen LogP contribution in [0.1, 0.15) is 18.5 Å². The van der Waals surface area contributed by atoms with Crippen LogP contribution in [0.2, 0.25) is 0 Å². The van der Waals surface area contributed by atoms with Gasteiger partial charge in [0.25, 0.3) is 0 Å². The van der Waals surface area contributed by atoms with Gasteiger partial charge in [0.05, 0.1) is 27.4 Å². The smallest absolute Gasteiger partial charge is 0.227 e. The Bertz CT molecular complexity index is 829. The predicted molar refractivity (Wildman–Crippen MR) is 106 cm³/mol. The highest BCUT2D eigenvalue weighted by Gasteiger charge is 2.40. The molecule has 8 nitrogen and oxygen atoms in total. The van der Waals surface area contributed by atoms with E-state index in [0.717, 1.165) is 49.1 Å². The number of nitrogens with one attached hydrogen (secondary N) is 1. The predicted octanol–water partition coefficient (Wildman–Crippen LogP) is 2.89. The molecule has 1 aromatic carbocycles. The Morgan fingerprint density at radius 2 is 1.71 bits per heavy atom. The number of nitrogens with zero attached hydrogens (tertiary/aromatic N) is 3. The van der Waals surface area contributed by atoms with Crippen LogP contribution in [0, 0.1) is 6.92 Å². The summed E-state index contributed by atoms with van der Waals surface area (Å²) in [6, 6.07) is 7.60. The molecule has 0 aliphatic carbocycles. The van der Waals surface area contributed by atoms with E-state index in [9.17, 15) is 0 Å². The SMILES string of the molecule is COc1ccc(Nc2cc(C)nc(N3CCC4(CC3)OCCO4)n2)cc1OC. The van der Waals surface area contributed by atoms with Gasteiger partial charge in [-0.05, 0) is 19.1 Å². The van der Waals surface area contributed by atoms with Crippen molar-refractivity contribution in [1.29, 1.82) is 0 Å². The van der Waals surface area contributed by atoms with Gasteiger partial charge in [0.2, 0.25) is 5.95 Å². The van der Waals surface area contributed by atoms with Crippen LogP contribution in [-0.2, 0) is 9.47 Å². The molecular formula is C20H26N4O4. The fraction of sp³-hybridized carbons (Fsp3) is 0.500. The van der Waals surface area contributed by atoms with E-state index in [4.69, 9.17) is 23.9 Å². The zero-order valence-corrected chi connectivity index (χ0v) is 16.5. The summed E-state index contributed by atoms with van der Waals surface area (Å²) >= 11 is 0. The van der Waals surface area contributed by atoms with Crippen LogP contribution in [0.5, 0.6) is 11.5 Å². The summed E-state index contributed by atoms with van der Waals surface area (Å²) in [5.74, 6) is 2.41. The highest BCUT2D eigenvalue weighted by atomic mass is 16.7. The second-order valence-corrected chi connectivity index (χ2v) is 6.98. The third-order valence-corrected chi connectivity index (χ3v) is 5.12. The Balaban J connectivity index is 1.50. The van der Waals surface area contributed by atoms with E-state index in [1.165, 1.54) is 0 Å². The molecule has 2 aliphatic rings. The van der Waals surface area contributed by atoms with Crippen LogP contribution in [0.15, 0.2) is 24.3 Å². The van der Waals surface area contributed by atoms with Crippen molar-refractivity contribution < 1.29 is 18.9 Å². The van der Waals surface area contributed by atoms with Crippen LogP contribution >= 0.6 is 0 Å². The van der Waals surface area contributed by atoms with E-state index in [1.807, 2.05) is 31.2 Å². The van der Waals surface area contributed by atoms with Gasteiger partial charge in [0.1, 0.15) is 5.82 Å². The number of hydrogen-bond donors (Lipinski definition) is 1. The largest absolute Gasteiger partial charge is 0.493 e. The molecule has 0 amide bonds. The molecule has 4 rings (SSSR count). The summed E-state index contributed by atoms with van der Waals surface area (Å²) in [5, 5.41) is 3.34.